The van der Waals surface area contributed by atoms with Crippen LogP contribution in [0.4, 0.5) is 11.4 Å². The van der Waals surface area contributed by atoms with Crippen molar-refractivity contribution in [3.8, 4) is 5.75 Å². The Morgan fingerprint density at radius 1 is 0.865 bits per heavy atom. The van der Waals surface area contributed by atoms with Gasteiger partial charge in [0.1, 0.15) is 5.75 Å². The van der Waals surface area contributed by atoms with E-state index >= 15 is 0 Å². The second-order valence-electron chi connectivity index (χ2n) is 8.50. The van der Waals surface area contributed by atoms with E-state index in [0.717, 1.165) is 24.0 Å². The molecular formula is C29H29N5O3. The Balaban J connectivity index is 1.39. The molecule has 2 aromatic heterocycles. The Labute approximate surface area is 216 Å². The lowest BCUT2D eigenvalue weighted by Gasteiger charge is -2.23. The quantitative estimate of drug-likeness (QED) is 0.299. The summed E-state index contributed by atoms with van der Waals surface area (Å²) in [6, 6.07) is 21.8. The number of hydrogen-bond acceptors (Lipinski definition) is 6. The van der Waals surface area contributed by atoms with E-state index in [0.29, 0.717) is 35.8 Å². The second kappa shape index (κ2) is 12.8. The molecule has 2 amide bonds. The molecule has 2 heterocycles. The third-order valence-electron chi connectivity index (χ3n) is 5.76. The number of hydrogen-bond donors (Lipinski definition) is 2. The van der Waals surface area contributed by atoms with Crippen LogP contribution >= 0.6 is 0 Å². The molecule has 0 unspecified atom stereocenters. The maximum absolute atomic E-state index is 13.1. The smallest absolute Gasteiger partial charge is 0.260 e. The Morgan fingerprint density at radius 3 is 2.32 bits per heavy atom. The van der Waals surface area contributed by atoms with E-state index in [1.54, 1.807) is 59.9 Å². The number of nitrogens with one attached hydrogen (secondary N) is 1. The Kier molecular flexibility index (Phi) is 8.80. The van der Waals surface area contributed by atoms with E-state index in [4.69, 9.17) is 10.5 Å². The van der Waals surface area contributed by atoms with E-state index in [9.17, 15) is 9.59 Å². The van der Waals surface area contributed by atoms with Gasteiger partial charge in [0.15, 0.2) is 6.61 Å². The molecule has 0 saturated carbocycles. The van der Waals surface area contributed by atoms with Crippen molar-refractivity contribution in [1.29, 1.82) is 0 Å². The van der Waals surface area contributed by atoms with E-state index in [2.05, 4.69) is 15.3 Å². The lowest BCUT2D eigenvalue weighted by atomic mass is 10.1. The van der Waals surface area contributed by atoms with Gasteiger partial charge in [-0.2, -0.15) is 0 Å². The monoisotopic (exact) mass is 495 g/mol. The van der Waals surface area contributed by atoms with Gasteiger partial charge in [0, 0.05) is 37.2 Å². The SMILES string of the molecule is Nc1ccccc1NC(=O)c1ccc(CN(CCCc2cccnc2)C(=O)COc2cccnc2)cc1. The summed E-state index contributed by atoms with van der Waals surface area (Å²) in [6.45, 7) is 0.868. The molecule has 0 aliphatic heterocycles. The van der Waals surface area contributed by atoms with E-state index in [1.807, 2.05) is 42.6 Å². The number of aryl methyl sites for hydroxylation is 1. The van der Waals surface area contributed by atoms with Gasteiger partial charge in [0.2, 0.25) is 0 Å². The normalized spacial score (nSPS) is 10.5. The average Bonchev–Trinajstić information content (AvgIpc) is 2.94. The molecule has 2 aromatic carbocycles. The minimum atomic E-state index is -0.251. The second-order valence-corrected chi connectivity index (χ2v) is 8.50. The number of anilines is 2. The summed E-state index contributed by atoms with van der Waals surface area (Å²) < 4.78 is 5.64. The zero-order valence-corrected chi connectivity index (χ0v) is 20.4. The molecule has 0 atom stereocenters. The number of aromatic nitrogens is 2. The fraction of sp³-hybridized carbons (Fsp3) is 0.172. The van der Waals surface area contributed by atoms with Crippen molar-refractivity contribution in [3.63, 3.8) is 0 Å². The zero-order valence-electron chi connectivity index (χ0n) is 20.4. The Morgan fingerprint density at radius 2 is 1.62 bits per heavy atom. The summed E-state index contributed by atoms with van der Waals surface area (Å²) in [5.74, 6) is 0.163. The fourth-order valence-corrected chi connectivity index (χ4v) is 3.77. The molecule has 0 radical (unpaired) electrons. The highest BCUT2D eigenvalue weighted by molar-refractivity contribution is 6.05. The minimum absolute atomic E-state index is 0.0857. The molecule has 0 aliphatic carbocycles. The lowest BCUT2D eigenvalue weighted by molar-refractivity contribution is -0.134. The highest BCUT2D eigenvalue weighted by atomic mass is 16.5. The van der Waals surface area contributed by atoms with Crippen LogP contribution in [0, 0.1) is 0 Å². The number of para-hydroxylation sites is 2. The first kappa shape index (κ1) is 25.4. The van der Waals surface area contributed by atoms with Gasteiger partial charge in [0.25, 0.3) is 11.8 Å². The molecule has 0 fully saturated rings. The molecule has 4 aromatic rings. The van der Waals surface area contributed by atoms with Crippen LogP contribution in [-0.4, -0.2) is 39.8 Å². The van der Waals surface area contributed by atoms with Crippen LogP contribution in [0.15, 0.2) is 97.6 Å². The highest BCUT2D eigenvalue weighted by Crippen LogP contribution is 2.18. The van der Waals surface area contributed by atoms with E-state index in [-0.39, 0.29) is 18.4 Å². The van der Waals surface area contributed by atoms with Crippen LogP contribution in [0.2, 0.25) is 0 Å². The summed E-state index contributed by atoms with van der Waals surface area (Å²) in [4.78, 5) is 35.7. The minimum Gasteiger partial charge on any atom is -0.482 e. The predicted octanol–water partition coefficient (Wildman–Crippen LogP) is 4.35. The topological polar surface area (TPSA) is 110 Å². The maximum atomic E-state index is 13.1. The summed E-state index contributed by atoms with van der Waals surface area (Å²) >= 11 is 0. The number of amides is 2. The fourth-order valence-electron chi connectivity index (χ4n) is 3.77. The number of rotatable bonds is 11. The standard InChI is InChI=1S/C29H29N5O3/c30-26-9-1-2-10-27(26)33-29(36)24-13-11-23(12-14-24)20-34(17-5-7-22-6-3-15-31-18-22)28(35)21-37-25-8-4-16-32-19-25/h1-4,6,8-16,18-19H,5,7,17,20-21,30H2,(H,33,36). The predicted molar refractivity (Wildman–Crippen MR) is 143 cm³/mol. The molecule has 0 bridgehead atoms. The third kappa shape index (κ3) is 7.63. The largest absolute Gasteiger partial charge is 0.482 e. The molecule has 0 aliphatic rings. The van der Waals surface area contributed by atoms with Crippen LogP contribution < -0.4 is 15.8 Å². The number of benzene rings is 2. The van der Waals surface area contributed by atoms with Crippen molar-refractivity contribution in [1.82, 2.24) is 14.9 Å². The van der Waals surface area contributed by atoms with Crippen LogP contribution in [0.3, 0.4) is 0 Å². The summed E-state index contributed by atoms with van der Waals surface area (Å²) in [7, 11) is 0. The van der Waals surface area contributed by atoms with Gasteiger partial charge in [0.05, 0.1) is 17.6 Å². The van der Waals surface area contributed by atoms with Crippen LogP contribution in [0.1, 0.15) is 27.9 Å². The number of nitrogen functional groups attached to an aromatic ring is 1. The first-order chi connectivity index (χ1) is 18.1. The summed E-state index contributed by atoms with van der Waals surface area (Å²) in [5.41, 5.74) is 9.52. The van der Waals surface area contributed by atoms with Crippen LogP contribution in [-0.2, 0) is 17.8 Å². The number of ether oxygens (including phenoxy) is 1. The number of nitrogens with zero attached hydrogens (tertiary/aromatic N) is 3. The molecule has 8 nitrogen and oxygen atoms in total. The first-order valence-corrected chi connectivity index (χ1v) is 12.0. The first-order valence-electron chi connectivity index (χ1n) is 12.0. The highest BCUT2D eigenvalue weighted by Gasteiger charge is 2.16. The number of carbonyl (C=O) groups is 2. The number of nitrogens with two attached hydrogens (primary N) is 1. The maximum Gasteiger partial charge on any atom is 0.260 e. The Bertz CT molecular complexity index is 1300. The Hall–Kier alpha value is -4.72. The molecule has 3 N–H and O–H groups in total. The molecule has 0 saturated heterocycles. The van der Waals surface area contributed by atoms with Gasteiger partial charge < -0.3 is 20.7 Å². The van der Waals surface area contributed by atoms with Crippen molar-refractivity contribution < 1.29 is 14.3 Å². The molecular weight excluding hydrogens is 466 g/mol. The molecule has 0 spiro atoms. The van der Waals surface area contributed by atoms with E-state index < -0.39 is 0 Å². The van der Waals surface area contributed by atoms with Gasteiger partial charge in [-0.25, -0.2) is 0 Å². The molecule has 4 rings (SSSR count). The molecule has 8 heteroatoms. The van der Waals surface area contributed by atoms with Gasteiger partial charge >= 0.3 is 0 Å². The average molecular weight is 496 g/mol. The summed E-state index contributed by atoms with van der Waals surface area (Å²) in [5, 5.41) is 2.83. The van der Waals surface area contributed by atoms with Crippen molar-refractivity contribution in [3.05, 3.63) is 114 Å². The van der Waals surface area contributed by atoms with Crippen molar-refractivity contribution in [2.24, 2.45) is 0 Å². The van der Waals surface area contributed by atoms with Gasteiger partial charge in [-0.05, 0) is 66.4 Å². The van der Waals surface area contributed by atoms with Crippen molar-refractivity contribution in [2.75, 3.05) is 24.2 Å². The van der Waals surface area contributed by atoms with Gasteiger partial charge in [-0.1, -0.05) is 30.3 Å². The van der Waals surface area contributed by atoms with Crippen molar-refractivity contribution in [2.45, 2.75) is 19.4 Å². The lowest BCUT2D eigenvalue weighted by Crippen LogP contribution is -2.35. The molecule has 188 valence electrons. The number of carbonyl (C=O) groups excluding carboxylic acids is 2. The van der Waals surface area contributed by atoms with Crippen molar-refractivity contribution >= 4 is 23.2 Å². The third-order valence-corrected chi connectivity index (χ3v) is 5.76. The number of pyridine rings is 2. The van der Waals surface area contributed by atoms with E-state index in [1.165, 1.54) is 0 Å². The molecule has 37 heavy (non-hydrogen) atoms. The summed E-state index contributed by atoms with van der Waals surface area (Å²) in [6.07, 6.45) is 8.40. The van der Waals surface area contributed by atoms with Gasteiger partial charge in [-0.15, -0.1) is 0 Å². The van der Waals surface area contributed by atoms with Crippen LogP contribution in [0.5, 0.6) is 5.75 Å². The zero-order chi connectivity index (χ0) is 25.9. The van der Waals surface area contributed by atoms with Crippen LogP contribution in [0.25, 0.3) is 0 Å². The van der Waals surface area contributed by atoms with Gasteiger partial charge in [-0.3, -0.25) is 19.6 Å².